The number of aryl methyl sites for hydroxylation is 1. The van der Waals surface area contributed by atoms with Gasteiger partial charge in [0, 0.05) is 11.3 Å². The minimum absolute atomic E-state index is 0.267. The zero-order valence-corrected chi connectivity index (χ0v) is 15.5. The van der Waals surface area contributed by atoms with E-state index in [2.05, 4.69) is 10.5 Å². The molecule has 2 aromatic carbocycles. The highest BCUT2D eigenvalue weighted by atomic mass is 16.6. The summed E-state index contributed by atoms with van der Waals surface area (Å²) in [4.78, 5) is 17.4. The number of carbonyl (C=O) groups is 1. The van der Waals surface area contributed by atoms with Crippen LogP contribution in [-0.2, 0) is 9.63 Å². The maximum Gasteiger partial charge on any atom is 0.267 e. The van der Waals surface area contributed by atoms with Gasteiger partial charge >= 0.3 is 0 Å². The molecule has 6 nitrogen and oxygen atoms in total. The highest BCUT2D eigenvalue weighted by molar-refractivity contribution is 5.94. The SMILES string of the molecule is CCOc1ccc(/C=N\O[C@H](C)C(=O)Nc2cccc(C)c2)cc1OC. The van der Waals surface area contributed by atoms with E-state index in [-0.39, 0.29) is 5.91 Å². The lowest BCUT2D eigenvalue weighted by molar-refractivity contribution is -0.126. The van der Waals surface area contributed by atoms with Gasteiger partial charge < -0.3 is 19.6 Å². The van der Waals surface area contributed by atoms with Gasteiger partial charge in [-0.2, -0.15) is 0 Å². The van der Waals surface area contributed by atoms with Crippen molar-refractivity contribution in [3.05, 3.63) is 53.6 Å². The van der Waals surface area contributed by atoms with Crippen LogP contribution < -0.4 is 14.8 Å². The van der Waals surface area contributed by atoms with E-state index in [1.54, 1.807) is 26.2 Å². The van der Waals surface area contributed by atoms with E-state index in [9.17, 15) is 4.79 Å². The molecular formula is C20H24N2O4. The number of oxime groups is 1. The maximum absolute atomic E-state index is 12.1. The first kappa shape index (κ1) is 19.3. The Bertz CT molecular complexity index is 774. The number of hydrogen-bond acceptors (Lipinski definition) is 5. The number of rotatable bonds is 8. The minimum Gasteiger partial charge on any atom is -0.493 e. The van der Waals surface area contributed by atoms with Crippen molar-refractivity contribution in [2.24, 2.45) is 5.16 Å². The molecule has 2 aromatic rings. The Balaban J connectivity index is 1.93. The monoisotopic (exact) mass is 356 g/mol. The lowest BCUT2D eigenvalue weighted by Gasteiger charge is -2.11. The first-order valence-electron chi connectivity index (χ1n) is 8.41. The molecule has 1 atom stereocenters. The number of carbonyl (C=O) groups excluding carboxylic acids is 1. The molecule has 26 heavy (non-hydrogen) atoms. The molecule has 0 saturated carbocycles. The number of benzene rings is 2. The van der Waals surface area contributed by atoms with Crippen LogP contribution in [0.15, 0.2) is 47.6 Å². The molecule has 0 aliphatic rings. The van der Waals surface area contributed by atoms with Crippen molar-refractivity contribution in [3.8, 4) is 11.5 Å². The molecular weight excluding hydrogens is 332 g/mol. The van der Waals surface area contributed by atoms with Crippen LogP contribution in [0.4, 0.5) is 5.69 Å². The molecule has 0 unspecified atom stereocenters. The number of ether oxygens (including phenoxy) is 2. The third kappa shape index (κ3) is 5.51. The molecule has 0 aliphatic carbocycles. The van der Waals surface area contributed by atoms with E-state index in [0.717, 1.165) is 16.8 Å². The molecule has 0 aliphatic heterocycles. The second-order valence-electron chi connectivity index (χ2n) is 5.68. The second kappa shape index (κ2) is 9.46. The normalized spacial score (nSPS) is 11.8. The van der Waals surface area contributed by atoms with Gasteiger partial charge in [0.05, 0.1) is 19.9 Å². The van der Waals surface area contributed by atoms with E-state index in [0.29, 0.717) is 18.1 Å². The molecule has 0 heterocycles. The standard InChI is InChI=1S/C20H24N2O4/c1-5-25-18-10-9-16(12-19(18)24-4)13-21-26-15(3)20(23)22-17-8-6-7-14(2)11-17/h6-13,15H,5H2,1-4H3,(H,22,23)/b21-13-/t15-/m1/s1. The van der Waals surface area contributed by atoms with Gasteiger partial charge in [-0.25, -0.2) is 0 Å². The van der Waals surface area contributed by atoms with Crippen LogP contribution >= 0.6 is 0 Å². The fraction of sp³-hybridized carbons (Fsp3) is 0.300. The Hall–Kier alpha value is -3.02. The Morgan fingerprint density at radius 2 is 2.04 bits per heavy atom. The zero-order valence-electron chi connectivity index (χ0n) is 15.5. The van der Waals surface area contributed by atoms with E-state index in [1.807, 2.05) is 44.2 Å². The van der Waals surface area contributed by atoms with Crippen molar-refractivity contribution in [2.45, 2.75) is 26.9 Å². The average molecular weight is 356 g/mol. The Morgan fingerprint density at radius 3 is 2.73 bits per heavy atom. The number of hydrogen-bond donors (Lipinski definition) is 1. The van der Waals surface area contributed by atoms with E-state index < -0.39 is 6.10 Å². The fourth-order valence-corrected chi connectivity index (χ4v) is 2.24. The van der Waals surface area contributed by atoms with Gasteiger partial charge in [0.1, 0.15) is 0 Å². The zero-order chi connectivity index (χ0) is 18.9. The third-order valence-corrected chi connectivity index (χ3v) is 3.56. The summed E-state index contributed by atoms with van der Waals surface area (Å²) in [5.41, 5.74) is 2.57. The van der Waals surface area contributed by atoms with Crippen LogP contribution in [0.25, 0.3) is 0 Å². The topological polar surface area (TPSA) is 69.2 Å². The van der Waals surface area contributed by atoms with Crippen molar-refractivity contribution < 1.29 is 19.1 Å². The molecule has 0 saturated heterocycles. The lowest BCUT2D eigenvalue weighted by Crippen LogP contribution is -2.26. The Morgan fingerprint density at radius 1 is 1.23 bits per heavy atom. The molecule has 138 valence electrons. The van der Waals surface area contributed by atoms with E-state index in [4.69, 9.17) is 14.3 Å². The van der Waals surface area contributed by atoms with E-state index >= 15 is 0 Å². The summed E-state index contributed by atoms with van der Waals surface area (Å²) in [5.74, 6) is 1.01. The summed E-state index contributed by atoms with van der Waals surface area (Å²) in [7, 11) is 1.58. The molecule has 2 rings (SSSR count). The van der Waals surface area contributed by atoms with Gasteiger partial charge in [-0.05, 0) is 56.7 Å². The summed E-state index contributed by atoms with van der Waals surface area (Å²) in [6.45, 7) is 6.07. The predicted octanol–water partition coefficient (Wildman–Crippen LogP) is 3.78. The van der Waals surface area contributed by atoms with Gasteiger partial charge in [-0.3, -0.25) is 4.79 Å². The fourth-order valence-electron chi connectivity index (χ4n) is 2.24. The van der Waals surface area contributed by atoms with Crippen molar-refractivity contribution in [1.82, 2.24) is 0 Å². The van der Waals surface area contributed by atoms with Crippen LogP contribution in [0.3, 0.4) is 0 Å². The van der Waals surface area contributed by atoms with Gasteiger partial charge in [0.2, 0.25) is 6.10 Å². The molecule has 1 amide bonds. The lowest BCUT2D eigenvalue weighted by atomic mass is 10.2. The highest BCUT2D eigenvalue weighted by Gasteiger charge is 2.14. The molecule has 0 radical (unpaired) electrons. The maximum atomic E-state index is 12.1. The first-order chi connectivity index (χ1) is 12.5. The van der Waals surface area contributed by atoms with Crippen molar-refractivity contribution in [3.63, 3.8) is 0 Å². The molecule has 0 spiro atoms. The quantitative estimate of drug-likeness (QED) is 0.577. The van der Waals surface area contributed by atoms with Crippen LogP contribution in [-0.4, -0.2) is 31.9 Å². The Labute approximate surface area is 153 Å². The minimum atomic E-state index is -0.726. The molecule has 0 fully saturated rings. The summed E-state index contributed by atoms with van der Waals surface area (Å²) in [5, 5.41) is 6.69. The van der Waals surface area contributed by atoms with Crippen LogP contribution in [0, 0.1) is 6.92 Å². The number of methoxy groups -OCH3 is 1. The van der Waals surface area contributed by atoms with Gasteiger partial charge in [0.25, 0.3) is 5.91 Å². The number of anilines is 1. The van der Waals surface area contributed by atoms with Gasteiger partial charge in [-0.15, -0.1) is 0 Å². The smallest absolute Gasteiger partial charge is 0.267 e. The summed E-state index contributed by atoms with van der Waals surface area (Å²) < 4.78 is 10.8. The summed E-state index contributed by atoms with van der Waals surface area (Å²) >= 11 is 0. The average Bonchev–Trinajstić information content (AvgIpc) is 2.62. The number of amides is 1. The van der Waals surface area contributed by atoms with Crippen molar-refractivity contribution in [1.29, 1.82) is 0 Å². The molecule has 0 bridgehead atoms. The van der Waals surface area contributed by atoms with Crippen molar-refractivity contribution in [2.75, 3.05) is 19.0 Å². The first-order valence-corrected chi connectivity index (χ1v) is 8.41. The van der Waals surface area contributed by atoms with Crippen LogP contribution in [0.1, 0.15) is 25.0 Å². The second-order valence-corrected chi connectivity index (χ2v) is 5.68. The predicted molar refractivity (Wildman–Crippen MR) is 102 cm³/mol. The van der Waals surface area contributed by atoms with E-state index in [1.165, 1.54) is 6.21 Å². The molecule has 0 aromatic heterocycles. The number of nitrogens with one attached hydrogen (secondary N) is 1. The van der Waals surface area contributed by atoms with Crippen LogP contribution in [0.2, 0.25) is 0 Å². The van der Waals surface area contributed by atoms with Gasteiger partial charge in [-0.1, -0.05) is 17.3 Å². The Kier molecular flexibility index (Phi) is 7.02. The molecule has 6 heteroatoms. The third-order valence-electron chi connectivity index (χ3n) is 3.56. The largest absolute Gasteiger partial charge is 0.493 e. The number of nitrogens with zero attached hydrogens (tertiary/aromatic N) is 1. The van der Waals surface area contributed by atoms with Gasteiger partial charge in [0.15, 0.2) is 11.5 Å². The summed E-state index contributed by atoms with van der Waals surface area (Å²) in [6, 6.07) is 13.0. The summed E-state index contributed by atoms with van der Waals surface area (Å²) in [6.07, 6.45) is 0.797. The van der Waals surface area contributed by atoms with Crippen LogP contribution in [0.5, 0.6) is 11.5 Å². The molecule has 1 N–H and O–H groups in total. The van der Waals surface area contributed by atoms with Crippen molar-refractivity contribution >= 4 is 17.8 Å². The highest BCUT2D eigenvalue weighted by Crippen LogP contribution is 2.27.